The van der Waals surface area contributed by atoms with Crippen LogP contribution in [0.2, 0.25) is 0 Å². The van der Waals surface area contributed by atoms with Crippen molar-refractivity contribution in [3.63, 3.8) is 0 Å². The van der Waals surface area contributed by atoms with Gasteiger partial charge in [-0.05, 0) is 39.8 Å². The fourth-order valence-corrected chi connectivity index (χ4v) is 2.18. The van der Waals surface area contributed by atoms with Crippen molar-refractivity contribution in [3.05, 3.63) is 40.3 Å². The molecule has 0 radical (unpaired) electrons. The molecular weight excluding hydrogens is 256 g/mol. The third-order valence-corrected chi connectivity index (χ3v) is 3.19. The van der Waals surface area contributed by atoms with Gasteiger partial charge in [0, 0.05) is 11.1 Å². The first-order valence-electron chi connectivity index (χ1n) is 6.32. The highest BCUT2D eigenvalue weighted by atomic mass is 32.1. The van der Waals surface area contributed by atoms with Gasteiger partial charge in [0.25, 0.3) is 0 Å². The fraction of sp³-hybridized carbons (Fsp3) is 0.333. The van der Waals surface area contributed by atoms with Gasteiger partial charge < -0.3 is 9.72 Å². The number of rotatable bonds is 3. The van der Waals surface area contributed by atoms with Crippen LogP contribution >= 0.6 is 12.2 Å². The van der Waals surface area contributed by atoms with E-state index in [1.165, 1.54) is 0 Å². The number of aromatic nitrogens is 2. The molecule has 0 spiro atoms. The Hall–Kier alpha value is -1.68. The van der Waals surface area contributed by atoms with E-state index in [1.807, 2.05) is 52.0 Å². The molecule has 1 heterocycles. The number of ether oxygens (including phenoxy) is 1. The van der Waals surface area contributed by atoms with Crippen LogP contribution in [0.5, 0.6) is 5.75 Å². The summed E-state index contributed by atoms with van der Waals surface area (Å²) in [6, 6.07) is 7.97. The molecule has 0 saturated heterocycles. The second-order valence-electron chi connectivity index (χ2n) is 4.79. The Morgan fingerprint density at radius 3 is 2.58 bits per heavy atom. The van der Waals surface area contributed by atoms with Gasteiger partial charge >= 0.3 is 0 Å². The first-order valence-corrected chi connectivity index (χ1v) is 6.73. The van der Waals surface area contributed by atoms with Crippen LogP contribution in [-0.4, -0.2) is 16.1 Å². The van der Waals surface area contributed by atoms with Crippen LogP contribution in [0.1, 0.15) is 25.2 Å². The van der Waals surface area contributed by atoms with Crippen LogP contribution in [-0.2, 0) is 0 Å². The van der Waals surface area contributed by atoms with Crippen LogP contribution in [0.15, 0.2) is 24.3 Å². The zero-order valence-electron chi connectivity index (χ0n) is 11.7. The third-order valence-electron chi connectivity index (χ3n) is 2.79. The Labute approximate surface area is 118 Å². The third kappa shape index (κ3) is 3.01. The Morgan fingerprint density at radius 1 is 1.21 bits per heavy atom. The molecule has 19 heavy (non-hydrogen) atoms. The summed E-state index contributed by atoms with van der Waals surface area (Å²) < 4.78 is 6.49. The maximum Gasteiger partial charge on any atom is 0.133 e. The summed E-state index contributed by atoms with van der Waals surface area (Å²) in [5.41, 5.74) is 2.97. The van der Waals surface area contributed by atoms with E-state index < -0.39 is 0 Å². The molecular formula is C15H18N2OS. The van der Waals surface area contributed by atoms with E-state index in [0.29, 0.717) is 4.64 Å². The molecule has 0 fully saturated rings. The van der Waals surface area contributed by atoms with Gasteiger partial charge in [0.2, 0.25) is 0 Å². The van der Waals surface area contributed by atoms with Crippen molar-refractivity contribution < 1.29 is 4.74 Å². The zero-order chi connectivity index (χ0) is 14.0. The molecule has 0 bridgehead atoms. The number of aromatic amines is 1. The molecule has 1 aromatic carbocycles. The van der Waals surface area contributed by atoms with Crippen molar-refractivity contribution in [2.24, 2.45) is 0 Å². The van der Waals surface area contributed by atoms with E-state index in [2.05, 4.69) is 9.97 Å². The molecule has 0 aliphatic rings. The average Bonchev–Trinajstić information content (AvgIpc) is 2.34. The van der Waals surface area contributed by atoms with Crippen LogP contribution in [0.4, 0.5) is 0 Å². The summed E-state index contributed by atoms with van der Waals surface area (Å²) >= 11 is 5.29. The lowest BCUT2D eigenvalue weighted by Crippen LogP contribution is -2.07. The van der Waals surface area contributed by atoms with Gasteiger partial charge in [0.15, 0.2) is 0 Å². The minimum absolute atomic E-state index is 0.132. The van der Waals surface area contributed by atoms with Gasteiger partial charge in [-0.2, -0.15) is 0 Å². The summed E-state index contributed by atoms with van der Waals surface area (Å²) in [6.07, 6.45) is 0.132. The predicted octanol–water partition coefficient (Wildman–Crippen LogP) is 4.21. The van der Waals surface area contributed by atoms with Crippen molar-refractivity contribution in [2.45, 2.75) is 33.8 Å². The van der Waals surface area contributed by atoms with Gasteiger partial charge in [0.05, 0.1) is 11.8 Å². The van der Waals surface area contributed by atoms with E-state index in [4.69, 9.17) is 17.0 Å². The second-order valence-corrected chi connectivity index (χ2v) is 5.18. The van der Waals surface area contributed by atoms with Crippen molar-refractivity contribution in [2.75, 3.05) is 0 Å². The average molecular weight is 274 g/mol. The number of hydrogen-bond acceptors (Lipinski definition) is 3. The van der Waals surface area contributed by atoms with E-state index in [9.17, 15) is 0 Å². The van der Waals surface area contributed by atoms with E-state index in [1.54, 1.807) is 0 Å². The molecule has 1 aromatic heterocycles. The van der Waals surface area contributed by atoms with E-state index in [0.717, 1.165) is 28.4 Å². The predicted molar refractivity (Wildman–Crippen MR) is 80.1 cm³/mol. The first kappa shape index (κ1) is 13.7. The molecule has 4 heteroatoms. The molecule has 3 nitrogen and oxygen atoms in total. The van der Waals surface area contributed by atoms with Crippen LogP contribution in [0.3, 0.4) is 0 Å². The van der Waals surface area contributed by atoms with Gasteiger partial charge in [-0.15, -0.1) is 0 Å². The van der Waals surface area contributed by atoms with Gasteiger partial charge in [0.1, 0.15) is 16.2 Å². The maximum atomic E-state index is 5.86. The number of nitrogens with one attached hydrogen (secondary N) is 1. The Morgan fingerprint density at radius 2 is 1.89 bits per heavy atom. The lowest BCUT2D eigenvalue weighted by atomic mass is 10.1. The Bertz CT molecular complexity index is 647. The summed E-state index contributed by atoms with van der Waals surface area (Å²) in [5.74, 6) is 1.67. The molecule has 0 amide bonds. The van der Waals surface area contributed by atoms with Crippen LogP contribution in [0, 0.1) is 18.5 Å². The quantitative estimate of drug-likeness (QED) is 0.852. The molecule has 1 N–H and O–H groups in total. The Balaban J connectivity index is 2.62. The topological polar surface area (TPSA) is 37.9 Å². The van der Waals surface area contributed by atoms with Crippen molar-refractivity contribution in [1.29, 1.82) is 0 Å². The highest BCUT2D eigenvalue weighted by molar-refractivity contribution is 7.71. The van der Waals surface area contributed by atoms with Gasteiger partial charge in [-0.25, -0.2) is 4.98 Å². The molecule has 0 saturated carbocycles. The first-order chi connectivity index (χ1) is 8.99. The van der Waals surface area contributed by atoms with E-state index >= 15 is 0 Å². The van der Waals surface area contributed by atoms with Gasteiger partial charge in [-0.3, -0.25) is 0 Å². The number of hydrogen-bond donors (Lipinski definition) is 1. The van der Waals surface area contributed by atoms with Crippen LogP contribution in [0.25, 0.3) is 11.3 Å². The monoisotopic (exact) mass is 274 g/mol. The zero-order valence-corrected chi connectivity index (χ0v) is 12.5. The van der Waals surface area contributed by atoms with Gasteiger partial charge in [-0.1, -0.05) is 24.4 Å². The Kier molecular flexibility index (Phi) is 4.00. The van der Waals surface area contributed by atoms with Crippen molar-refractivity contribution >= 4 is 12.2 Å². The number of benzene rings is 1. The lowest BCUT2D eigenvalue weighted by molar-refractivity contribution is 0.243. The standard InChI is InChI=1S/C15H18N2OS/c1-9(2)18-13-8-6-5-7-12(13)14-10(3)15(19)17-11(4)16-14/h5-9H,1-4H3,(H,16,17,19). The van der Waals surface area contributed by atoms with Crippen molar-refractivity contribution in [1.82, 2.24) is 9.97 Å². The minimum atomic E-state index is 0.132. The molecule has 0 atom stereocenters. The number of nitrogens with zero attached hydrogens (tertiary/aromatic N) is 1. The molecule has 0 aliphatic heterocycles. The summed E-state index contributed by atoms with van der Waals surface area (Å²) in [4.78, 5) is 7.56. The maximum absolute atomic E-state index is 5.86. The molecule has 0 aliphatic carbocycles. The summed E-state index contributed by atoms with van der Waals surface area (Å²) in [6.45, 7) is 7.92. The molecule has 100 valence electrons. The minimum Gasteiger partial charge on any atom is -0.490 e. The smallest absolute Gasteiger partial charge is 0.133 e. The molecule has 2 aromatic rings. The number of para-hydroxylation sites is 1. The highest BCUT2D eigenvalue weighted by Crippen LogP contribution is 2.31. The second kappa shape index (κ2) is 5.53. The lowest BCUT2D eigenvalue weighted by Gasteiger charge is -2.15. The van der Waals surface area contributed by atoms with E-state index in [-0.39, 0.29) is 6.10 Å². The fourth-order valence-electron chi connectivity index (χ4n) is 1.94. The van der Waals surface area contributed by atoms with Crippen LogP contribution < -0.4 is 4.74 Å². The summed E-state index contributed by atoms with van der Waals surface area (Å²) in [5, 5.41) is 0. The summed E-state index contributed by atoms with van der Waals surface area (Å²) in [7, 11) is 0. The largest absolute Gasteiger partial charge is 0.490 e. The highest BCUT2D eigenvalue weighted by Gasteiger charge is 2.11. The number of aryl methyl sites for hydroxylation is 1. The molecule has 0 unspecified atom stereocenters. The van der Waals surface area contributed by atoms with Crippen molar-refractivity contribution in [3.8, 4) is 17.0 Å². The number of H-pyrrole nitrogens is 1. The SMILES string of the molecule is Cc1nc(=S)c(C)c(-c2ccccc2OC(C)C)[nH]1. The normalized spacial score (nSPS) is 10.8. The molecule has 2 rings (SSSR count).